The molecular formula is C21H24FN5. The zero-order valence-electron chi connectivity index (χ0n) is 15.7. The van der Waals surface area contributed by atoms with Gasteiger partial charge in [0.05, 0.1) is 11.7 Å². The molecule has 1 fully saturated rings. The summed E-state index contributed by atoms with van der Waals surface area (Å²) in [7, 11) is 4.30. The average molecular weight is 365 g/mol. The Hall–Kier alpha value is -2.60. The second kappa shape index (κ2) is 7.56. The molecule has 1 aliphatic rings. The van der Waals surface area contributed by atoms with Crippen molar-refractivity contribution in [3.63, 3.8) is 0 Å². The number of fused-ring (bicyclic) bond motifs is 1. The van der Waals surface area contributed by atoms with E-state index in [4.69, 9.17) is 0 Å². The molecular weight excluding hydrogens is 341 g/mol. The fourth-order valence-electron chi connectivity index (χ4n) is 3.85. The number of nitrogens with one attached hydrogen (secondary N) is 1. The Balaban J connectivity index is 1.60. The van der Waals surface area contributed by atoms with Crippen LogP contribution in [0.1, 0.15) is 25.7 Å². The van der Waals surface area contributed by atoms with Crippen molar-refractivity contribution in [1.29, 1.82) is 0 Å². The highest BCUT2D eigenvalue weighted by Gasteiger charge is 2.23. The van der Waals surface area contributed by atoms with E-state index in [0.717, 1.165) is 40.7 Å². The predicted octanol–water partition coefficient (Wildman–Crippen LogP) is 4.12. The van der Waals surface area contributed by atoms with E-state index < -0.39 is 0 Å². The van der Waals surface area contributed by atoms with Crippen molar-refractivity contribution in [3.8, 4) is 11.1 Å². The number of halogens is 1. The van der Waals surface area contributed by atoms with E-state index in [-0.39, 0.29) is 5.82 Å². The van der Waals surface area contributed by atoms with Gasteiger partial charge in [0.2, 0.25) is 0 Å². The number of anilines is 1. The van der Waals surface area contributed by atoms with Gasteiger partial charge in [0, 0.05) is 29.2 Å². The number of nitrogens with zero attached hydrogens (tertiary/aromatic N) is 4. The number of hydrogen-bond acceptors (Lipinski definition) is 5. The van der Waals surface area contributed by atoms with E-state index in [1.165, 1.54) is 25.1 Å². The Bertz CT molecular complexity index is 935. The summed E-state index contributed by atoms with van der Waals surface area (Å²) in [5, 5.41) is 4.57. The molecule has 3 aromatic rings. The smallest absolute Gasteiger partial charge is 0.142 e. The second-order valence-electron chi connectivity index (χ2n) is 7.46. The molecule has 2 aromatic heterocycles. The van der Waals surface area contributed by atoms with E-state index in [1.807, 2.05) is 18.2 Å². The van der Waals surface area contributed by atoms with Gasteiger partial charge in [0.1, 0.15) is 18.0 Å². The highest BCUT2D eigenvalue weighted by Crippen LogP contribution is 2.29. The summed E-state index contributed by atoms with van der Waals surface area (Å²) in [5.74, 6) is 0.507. The van der Waals surface area contributed by atoms with E-state index in [2.05, 4.69) is 39.3 Å². The van der Waals surface area contributed by atoms with Crippen molar-refractivity contribution < 1.29 is 4.39 Å². The van der Waals surface area contributed by atoms with Gasteiger partial charge in [-0.1, -0.05) is 6.07 Å². The minimum absolute atomic E-state index is 0.340. The van der Waals surface area contributed by atoms with Crippen LogP contribution in [-0.4, -0.2) is 46.0 Å². The van der Waals surface area contributed by atoms with Crippen molar-refractivity contribution in [1.82, 2.24) is 19.9 Å². The van der Waals surface area contributed by atoms with Gasteiger partial charge >= 0.3 is 0 Å². The lowest BCUT2D eigenvalue weighted by atomic mass is 9.90. The Kier molecular flexibility index (Phi) is 4.99. The molecule has 2 heterocycles. The molecule has 4 rings (SSSR count). The Morgan fingerprint density at radius 2 is 1.81 bits per heavy atom. The molecule has 1 saturated carbocycles. The molecule has 0 amide bonds. The molecule has 1 aliphatic carbocycles. The maximum Gasteiger partial charge on any atom is 0.142 e. The predicted molar refractivity (Wildman–Crippen MR) is 106 cm³/mol. The van der Waals surface area contributed by atoms with Gasteiger partial charge in [0.25, 0.3) is 0 Å². The molecule has 5 nitrogen and oxygen atoms in total. The molecule has 0 aliphatic heterocycles. The molecule has 0 unspecified atom stereocenters. The molecule has 1 N–H and O–H groups in total. The number of pyridine rings is 1. The Morgan fingerprint density at radius 1 is 1.00 bits per heavy atom. The minimum atomic E-state index is -0.340. The van der Waals surface area contributed by atoms with Crippen LogP contribution in [0.15, 0.2) is 43.0 Å². The highest BCUT2D eigenvalue weighted by atomic mass is 19.1. The van der Waals surface area contributed by atoms with E-state index in [1.54, 1.807) is 12.5 Å². The van der Waals surface area contributed by atoms with E-state index >= 15 is 0 Å². The topological polar surface area (TPSA) is 53.9 Å². The summed E-state index contributed by atoms with van der Waals surface area (Å²) in [6, 6.07) is 8.48. The van der Waals surface area contributed by atoms with Gasteiger partial charge in [0.15, 0.2) is 0 Å². The zero-order chi connectivity index (χ0) is 18.8. The lowest BCUT2D eigenvalue weighted by Crippen LogP contribution is -2.36. The van der Waals surface area contributed by atoms with Crippen molar-refractivity contribution in [2.24, 2.45) is 0 Å². The third-order valence-corrected chi connectivity index (χ3v) is 5.44. The second-order valence-corrected chi connectivity index (χ2v) is 7.46. The van der Waals surface area contributed by atoms with Crippen LogP contribution in [0.5, 0.6) is 0 Å². The Morgan fingerprint density at radius 3 is 2.56 bits per heavy atom. The lowest BCUT2D eigenvalue weighted by molar-refractivity contribution is 0.221. The highest BCUT2D eigenvalue weighted by molar-refractivity contribution is 5.92. The van der Waals surface area contributed by atoms with Crippen molar-refractivity contribution in [3.05, 3.63) is 48.8 Å². The average Bonchev–Trinajstić information content (AvgIpc) is 2.68. The normalized spacial score (nSPS) is 20.1. The van der Waals surface area contributed by atoms with Crippen LogP contribution in [0.4, 0.5) is 10.2 Å². The summed E-state index contributed by atoms with van der Waals surface area (Å²) in [5.41, 5.74) is 2.53. The number of rotatable bonds is 4. The van der Waals surface area contributed by atoms with Gasteiger partial charge in [-0.3, -0.25) is 4.98 Å². The summed E-state index contributed by atoms with van der Waals surface area (Å²) >= 11 is 0. The fraction of sp³-hybridized carbons (Fsp3) is 0.381. The largest absolute Gasteiger partial charge is 0.367 e. The SMILES string of the molecule is CN(C)C1CCC(Nc2ncnc3ccc(-c4cncc(F)c4)cc23)CC1. The van der Waals surface area contributed by atoms with Crippen molar-refractivity contribution >= 4 is 16.7 Å². The number of aromatic nitrogens is 3. The Labute approximate surface area is 158 Å². The molecule has 27 heavy (non-hydrogen) atoms. The van der Waals surface area contributed by atoms with Gasteiger partial charge in [-0.2, -0.15) is 0 Å². The van der Waals surface area contributed by atoms with Crippen LogP contribution in [0.25, 0.3) is 22.0 Å². The molecule has 0 bridgehead atoms. The monoisotopic (exact) mass is 365 g/mol. The molecule has 0 saturated heterocycles. The first-order chi connectivity index (χ1) is 13.1. The van der Waals surface area contributed by atoms with E-state index in [0.29, 0.717) is 12.1 Å². The van der Waals surface area contributed by atoms with Gasteiger partial charge in [-0.25, -0.2) is 14.4 Å². The molecule has 0 radical (unpaired) electrons. The third kappa shape index (κ3) is 3.90. The fourth-order valence-corrected chi connectivity index (χ4v) is 3.85. The zero-order valence-corrected chi connectivity index (χ0v) is 15.7. The van der Waals surface area contributed by atoms with Crippen molar-refractivity contribution in [2.45, 2.75) is 37.8 Å². The van der Waals surface area contributed by atoms with Crippen LogP contribution in [-0.2, 0) is 0 Å². The van der Waals surface area contributed by atoms with Crippen molar-refractivity contribution in [2.75, 3.05) is 19.4 Å². The molecule has 140 valence electrons. The first kappa shape index (κ1) is 17.8. The molecule has 6 heteroatoms. The van der Waals surface area contributed by atoms with Crippen LogP contribution in [0, 0.1) is 5.82 Å². The quantitative estimate of drug-likeness (QED) is 0.754. The summed E-state index contributed by atoms with van der Waals surface area (Å²) in [6.45, 7) is 0. The van der Waals surface area contributed by atoms with Crippen LogP contribution < -0.4 is 5.32 Å². The van der Waals surface area contributed by atoms with Crippen LogP contribution >= 0.6 is 0 Å². The molecule has 0 atom stereocenters. The minimum Gasteiger partial charge on any atom is -0.367 e. The maximum atomic E-state index is 13.5. The van der Waals surface area contributed by atoms with E-state index in [9.17, 15) is 4.39 Å². The molecule has 1 aromatic carbocycles. The standard InChI is InChI=1S/C21H24FN5/c1-27(2)18-6-4-17(5-7-18)26-21-19-10-14(3-8-20(19)24-13-25-21)15-9-16(22)12-23-11-15/h3,8-13,17-18H,4-7H2,1-2H3,(H,24,25,26). The number of hydrogen-bond donors (Lipinski definition) is 1. The third-order valence-electron chi connectivity index (χ3n) is 5.44. The molecule has 0 spiro atoms. The first-order valence-corrected chi connectivity index (χ1v) is 9.39. The summed E-state index contributed by atoms with van der Waals surface area (Å²) in [6.07, 6.45) is 9.11. The first-order valence-electron chi connectivity index (χ1n) is 9.39. The van der Waals surface area contributed by atoms with Gasteiger partial charge in [-0.05, 0) is 63.5 Å². The van der Waals surface area contributed by atoms with Gasteiger partial charge in [-0.15, -0.1) is 0 Å². The van der Waals surface area contributed by atoms with Crippen LogP contribution in [0.3, 0.4) is 0 Å². The maximum absolute atomic E-state index is 13.5. The summed E-state index contributed by atoms with van der Waals surface area (Å²) in [4.78, 5) is 15.1. The van der Waals surface area contributed by atoms with Crippen LogP contribution in [0.2, 0.25) is 0 Å². The van der Waals surface area contributed by atoms with Gasteiger partial charge < -0.3 is 10.2 Å². The lowest BCUT2D eigenvalue weighted by Gasteiger charge is -2.33. The number of benzene rings is 1. The summed E-state index contributed by atoms with van der Waals surface area (Å²) < 4.78 is 13.5.